The molecule has 5 nitrogen and oxygen atoms in total. The number of piperazine rings is 1. The molecule has 5 heteroatoms. The van der Waals surface area contributed by atoms with Gasteiger partial charge in [0.15, 0.2) is 5.78 Å². The molecule has 0 saturated carbocycles. The van der Waals surface area contributed by atoms with E-state index in [0.29, 0.717) is 25.7 Å². The van der Waals surface area contributed by atoms with Crippen molar-refractivity contribution in [3.05, 3.63) is 35.9 Å². The molecule has 0 bridgehead atoms. The summed E-state index contributed by atoms with van der Waals surface area (Å²) in [6, 6.07) is 8.93. The molecule has 2 amide bonds. The van der Waals surface area contributed by atoms with Gasteiger partial charge in [0.05, 0.1) is 12.6 Å². The second-order valence-electron chi connectivity index (χ2n) is 8.48. The van der Waals surface area contributed by atoms with Crippen molar-refractivity contribution in [2.24, 2.45) is 5.92 Å². The highest BCUT2D eigenvalue weighted by atomic mass is 16.2. The number of hydrogen-bond acceptors (Lipinski definition) is 3. The molecule has 29 heavy (non-hydrogen) atoms. The standard InChI is InChI=1S/C24H36N2O3/c1-4-5-6-10-13-22(27)20(15-14-19-11-8-7-9-12-19)26-21(16-18(2)3)24(29)25-17-23(26)28/h7-9,11-12,18,20-21H,4-6,10,13-17H2,1-3H3,(H,25,29)/t20?,21-/m0/s1. The molecule has 2 atom stereocenters. The van der Waals surface area contributed by atoms with Crippen LogP contribution in [0.15, 0.2) is 30.3 Å². The summed E-state index contributed by atoms with van der Waals surface area (Å²) in [4.78, 5) is 40.2. The van der Waals surface area contributed by atoms with Crippen LogP contribution in [0.25, 0.3) is 0 Å². The highest BCUT2D eigenvalue weighted by Crippen LogP contribution is 2.23. The van der Waals surface area contributed by atoms with Crippen LogP contribution in [-0.4, -0.2) is 41.1 Å². The Labute approximate surface area is 175 Å². The van der Waals surface area contributed by atoms with Gasteiger partial charge in [0.1, 0.15) is 6.04 Å². The molecule has 1 aliphatic rings. The second-order valence-corrected chi connectivity index (χ2v) is 8.48. The Hall–Kier alpha value is -2.17. The molecule has 0 aliphatic carbocycles. The van der Waals surface area contributed by atoms with Gasteiger partial charge in [0.25, 0.3) is 0 Å². The summed E-state index contributed by atoms with van der Waals surface area (Å²) in [5.41, 5.74) is 1.14. The summed E-state index contributed by atoms with van der Waals surface area (Å²) < 4.78 is 0. The number of aryl methyl sites for hydroxylation is 1. The van der Waals surface area contributed by atoms with Crippen LogP contribution >= 0.6 is 0 Å². The fraction of sp³-hybridized carbons (Fsp3) is 0.625. The number of nitrogens with zero attached hydrogens (tertiary/aromatic N) is 1. The minimum Gasteiger partial charge on any atom is -0.345 e. The number of unbranched alkanes of at least 4 members (excludes halogenated alkanes) is 3. The van der Waals surface area contributed by atoms with E-state index in [2.05, 4.69) is 12.2 Å². The Balaban J connectivity index is 2.20. The minimum absolute atomic E-state index is 0.0155. The molecule has 1 aromatic carbocycles. The first-order valence-electron chi connectivity index (χ1n) is 11.1. The fourth-order valence-electron chi connectivity index (χ4n) is 4.03. The summed E-state index contributed by atoms with van der Waals surface area (Å²) in [6.07, 6.45) is 6.42. The van der Waals surface area contributed by atoms with Gasteiger partial charge in [-0.1, -0.05) is 70.4 Å². The monoisotopic (exact) mass is 400 g/mol. The Kier molecular flexibility index (Phi) is 9.36. The zero-order valence-electron chi connectivity index (χ0n) is 18.2. The molecule has 1 saturated heterocycles. The Morgan fingerprint density at radius 1 is 1.14 bits per heavy atom. The third-order valence-electron chi connectivity index (χ3n) is 5.57. The summed E-state index contributed by atoms with van der Waals surface area (Å²) in [5, 5.41) is 2.70. The molecule has 0 aromatic heterocycles. The van der Waals surface area contributed by atoms with E-state index in [9.17, 15) is 14.4 Å². The average molecular weight is 401 g/mol. The molecule has 0 spiro atoms. The van der Waals surface area contributed by atoms with Crippen LogP contribution in [0.2, 0.25) is 0 Å². The summed E-state index contributed by atoms with van der Waals surface area (Å²) in [7, 11) is 0. The predicted octanol–water partition coefficient (Wildman–Crippen LogP) is 3.90. The molecule has 1 heterocycles. The first-order chi connectivity index (χ1) is 13.9. The molecule has 2 rings (SSSR count). The molecule has 1 N–H and O–H groups in total. The lowest BCUT2D eigenvalue weighted by Gasteiger charge is -2.40. The minimum atomic E-state index is -0.559. The van der Waals surface area contributed by atoms with E-state index in [-0.39, 0.29) is 30.1 Å². The molecule has 1 unspecified atom stereocenters. The van der Waals surface area contributed by atoms with Gasteiger partial charge in [-0.25, -0.2) is 0 Å². The number of hydrogen-bond donors (Lipinski definition) is 1. The largest absolute Gasteiger partial charge is 0.345 e. The Morgan fingerprint density at radius 3 is 2.52 bits per heavy atom. The summed E-state index contributed by atoms with van der Waals surface area (Å²) >= 11 is 0. The number of carbonyl (C=O) groups is 3. The van der Waals surface area contributed by atoms with Crippen molar-refractivity contribution >= 4 is 17.6 Å². The van der Waals surface area contributed by atoms with Crippen molar-refractivity contribution in [1.82, 2.24) is 10.2 Å². The molecule has 0 radical (unpaired) electrons. The third kappa shape index (κ3) is 6.98. The number of Topliss-reactive ketones (excluding diaryl/α,β-unsaturated/α-hetero) is 1. The zero-order valence-corrected chi connectivity index (χ0v) is 18.2. The SMILES string of the molecule is CCCCCCC(=O)C(CCc1ccccc1)N1C(=O)CNC(=O)[C@@H]1CC(C)C. The number of carbonyl (C=O) groups excluding carboxylic acids is 3. The normalized spacial score (nSPS) is 18.1. The maximum atomic E-state index is 13.2. The quantitative estimate of drug-likeness (QED) is 0.541. The van der Waals surface area contributed by atoms with Crippen LogP contribution in [-0.2, 0) is 20.8 Å². The summed E-state index contributed by atoms with van der Waals surface area (Å²) in [6.45, 7) is 6.20. The highest BCUT2D eigenvalue weighted by molar-refractivity contribution is 5.98. The predicted molar refractivity (Wildman–Crippen MR) is 115 cm³/mol. The van der Waals surface area contributed by atoms with Gasteiger partial charge in [-0.05, 0) is 37.2 Å². The van der Waals surface area contributed by atoms with Crippen molar-refractivity contribution in [3.8, 4) is 0 Å². The lowest BCUT2D eigenvalue weighted by molar-refractivity contribution is -0.152. The summed E-state index contributed by atoms with van der Waals surface area (Å²) in [5.74, 6) is 0.0689. The van der Waals surface area contributed by atoms with E-state index in [0.717, 1.165) is 31.2 Å². The lowest BCUT2D eigenvalue weighted by Crippen LogP contribution is -2.63. The van der Waals surface area contributed by atoms with Crippen LogP contribution in [0, 0.1) is 5.92 Å². The zero-order chi connectivity index (χ0) is 21.2. The van der Waals surface area contributed by atoms with Crippen LogP contribution in [0.3, 0.4) is 0 Å². The van der Waals surface area contributed by atoms with Crippen molar-refractivity contribution in [1.29, 1.82) is 0 Å². The van der Waals surface area contributed by atoms with E-state index in [1.807, 2.05) is 44.2 Å². The lowest BCUT2D eigenvalue weighted by atomic mass is 9.92. The molecule has 1 fully saturated rings. The molecular formula is C24H36N2O3. The number of nitrogens with one attached hydrogen (secondary N) is 1. The maximum Gasteiger partial charge on any atom is 0.243 e. The van der Waals surface area contributed by atoms with E-state index >= 15 is 0 Å². The first kappa shape index (κ1) is 23.1. The number of ketones is 1. The van der Waals surface area contributed by atoms with Gasteiger partial charge in [-0.2, -0.15) is 0 Å². The van der Waals surface area contributed by atoms with Crippen molar-refractivity contribution in [2.45, 2.75) is 84.2 Å². The van der Waals surface area contributed by atoms with Crippen LogP contribution in [0.5, 0.6) is 0 Å². The fourth-order valence-corrected chi connectivity index (χ4v) is 4.03. The van der Waals surface area contributed by atoms with Crippen molar-refractivity contribution < 1.29 is 14.4 Å². The van der Waals surface area contributed by atoms with Gasteiger partial charge in [-0.3, -0.25) is 14.4 Å². The average Bonchev–Trinajstić information content (AvgIpc) is 2.70. The molecular weight excluding hydrogens is 364 g/mol. The third-order valence-corrected chi connectivity index (χ3v) is 5.57. The highest BCUT2D eigenvalue weighted by Gasteiger charge is 2.41. The van der Waals surface area contributed by atoms with Gasteiger partial charge in [0.2, 0.25) is 11.8 Å². The van der Waals surface area contributed by atoms with Crippen molar-refractivity contribution in [2.75, 3.05) is 6.54 Å². The van der Waals surface area contributed by atoms with E-state index < -0.39 is 12.1 Å². The van der Waals surface area contributed by atoms with Gasteiger partial charge in [0, 0.05) is 6.42 Å². The van der Waals surface area contributed by atoms with E-state index in [1.165, 1.54) is 0 Å². The Morgan fingerprint density at radius 2 is 1.86 bits per heavy atom. The van der Waals surface area contributed by atoms with Crippen LogP contribution in [0.4, 0.5) is 0 Å². The van der Waals surface area contributed by atoms with E-state index in [1.54, 1.807) is 4.90 Å². The van der Waals surface area contributed by atoms with Crippen molar-refractivity contribution in [3.63, 3.8) is 0 Å². The van der Waals surface area contributed by atoms with E-state index in [4.69, 9.17) is 0 Å². The second kappa shape index (κ2) is 11.7. The molecule has 1 aliphatic heterocycles. The number of benzene rings is 1. The van der Waals surface area contributed by atoms with Crippen LogP contribution < -0.4 is 5.32 Å². The van der Waals surface area contributed by atoms with Crippen LogP contribution in [0.1, 0.15) is 71.3 Å². The number of rotatable bonds is 12. The molecule has 1 aromatic rings. The Bertz CT molecular complexity index is 672. The maximum absolute atomic E-state index is 13.2. The topological polar surface area (TPSA) is 66.5 Å². The smallest absolute Gasteiger partial charge is 0.243 e. The van der Waals surface area contributed by atoms with Gasteiger partial charge >= 0.3 is 0 Å². The number of amides is 2. The molecule has 160 valence electrons. The first-order valence-corrected chi connectivity index (χ1v) is 11.1. The van der Waals surface area contributed by atoms with Gasteiger partial charge in [-0.15, -0.1) is 0 Å². The van der Waals surface area contributed by atoms with Gasteiger partial charge < -0.3 is 10.2 Å².